The Bertz CT molecular complexity index is 361. The van der Waals surface area contributed by atoms with Gasteiger partial charge in [-0.3, -0.25) is 0 Å². The second-order valence-corrected chi connectivity index (χ2v) is 6.69. The fourth-order valence-corrected chi connectivity index (χ4v) is 2.91. The number of nitrogens with one attached hydrogen (secondary N) is 1. The Morgan fingerprint density at radius 2 is 1.85 bits per heavy atom. The molecule has 2 nitrogen and oxygen atoms in total. The first-order chi connectivity index (χ1) is 9.48. The second kappa shape index (κ2) is 8.43. The van der Waals surface area contributed by atoms with Crippen molar-refractivity contribution in [1.82, 2.24) is 10.2 Å². The van der Waals surface area contributed by atoms with E-state index >= 15 is 0 Å². The van der Waals surface area contributed by atoms with Crippen LogP contribution in [0.1, 0.15) is 39.7 Å². The van der Waals surface area contributed by atoms with Crippen molar-refractivity contribution < 1.29 is 0 Å². The summed E-state index contributed by atoms with van der Waals surface area (Å²) in [7, 11) is 2.24. The summed E-state index contributed by atoms with van der Waals surface area (Å²) in [4.78, 5) is 2.46. The van der Waals surface area contributed by atoms with Crippen molar-refractivity contribution in [3.05, 3.63) is 35.9 Å². The van der Waals surface area contributed by atoms with E-state index in [1.54, 1.807) is 0 Å². The van der Waals surface area contributed by atoms with E-state index in [1.165, 1.54) is 12.0 Å². The highest BCUT2D eigenvalue weighted by atomic mass is 15.1. The lowest BCUT2D eigenvalue weighted by atomic mass is 9.81. The van der Waals surface area contributed by atoms with E-state index in [-0.39, 0.29) is 5.41 Å². The molecule has 1 aromatic rings. The zero-order valence-corrected chi connectivity index (χ0v) is 13.9. The second-order valence-electron chi connectivity index (χ2n) is 6.69. The fraction of sp³-hybridized carbons (Fsp3) is 0.667. The molecule has 1 unspecified atom stereocenters. The molecule has 0 amide bonds. The van der Waals surface area contributed by atoms with Gasteiger partial charge >= 0.3 is 0 Å². The van der Waals surface area contributed by atoms with Crippen molar-refractivity contribution >= 4 is 0 Å². The first kappa shape index (κ1) is 17.2. The molecule has 0 radical (unpaired) electrons. The zero-order valence-electron chi connectivity index (χ0n) is 13.9. The topological polar surface area (TPSA) is 15.3 Å². The van der Waals surface area contributed by atoms with Crippen LogP contribution in [0.2, 0.25) is 0 Å². The molecule has 20 heavy (non-hydrogen) atoms. The summed E-state index contributed by atoms with van der Waals surface area (Å²) in [6, 6.07) is 10.9. The summed E-state index contributed by atoms with van der Waals surface area (Å²) in [6.07, 6.45) is 1.19. The van der Waals surface area contributed by atoms with Gasteiger partial charge < -0.3 is 10.2 Å². The van der Waals surface area contributed by atoms with Gasteiger partial charge in [0.2, 0.25) is 0 Å². The lowest BCUT2D eigenvalue weighted by Gasteiger charge is -2.35. The van der Waals surface area contributed by atoms with Crippen LogP contribution in [0.15, 0.2) is 30.3 Å². The van der Waals surface area contributed by atoms with Crippen molar-refractivity contribution in [1.29, 1.82) is 0 Å². The summed E-state index contributed by atoms with van der Waals surface area (Å²) < 4.78 is 0. The summed E-state index contributed by atoms with van der Waals surface area (Å²) >= 11 is 0. The lowest BCUT2D eigenvalue weighted by Crippen LogP contribution is -2.45. The molecule has 0 aliphatic carbocycles. The number of rotatable bonds is 9. The monoisotopic (exact) mass is 276 g/mol. The van der Waals surface area contributed by atoms with Gasteiger partial charge in [0.15, 0.2) is 0 Å². The first-order valence-electron chi connectivity index (χ1n) is 7.92. The smallest absolute Gasteiger partial charge is 0.0176 e. The molecular weight excluding hydrogens is 244 g/mol. The predicted molar refractivity (Wildman–Crippen MR) is 89.3 cm³/mol. The van der Waals surface area contributed by atoms with E-state index in [2.05, 4.69) is 75.3 Å². The summed E-state index contributed by atoms with van der Waals surface area (Å²) in [6.45, 7) is 13.5. The maximum atomic E-state index is 3.61. The van der Waals surface area contributed by atoms with Crippen LogP contribution in [0.3, 0.4) is 0 Å². The van der Waals surface area contributed by atoms with Gasteiger partial charge in [-0.15, -0.1) is 0 Å². The molecule has 2 heteroatoms. The Morgan fingerprint density at radius 3 is 2.40 bits per heavy atom. The molecule has 0 saturated carbocycles. The molecule has 0 aromatic heterocycles. The van der Waals surface area contributed by atoms with Gasteiger partial charge in [-0.25, -0.2) is 0 Å². The zero-order chi connectivity index (χ0) is 15.0. The number of nitrogens with zero attached hydrogens (tertiary/aromatic N) is 1. The van der Waals surface area contributed by atoms with Crippen molar-refractivity contribution in [2.24, 2.45) is 5.92 Å². The number of hydrogen-bond donors (Lipinski definition) is 1. The predicted octanol–water partition coefficient (Wildman–Crippen LogP) is 3.53. The Balaban J connectivity index is 2.78. The van der Waals surface area contributed by atoms with Gasteiger partial charge in [0.1, 0.15) is 0 Å². The summed E-state index contributed by atoms with van der Waals surface area (Å²) in [5, 5.41) is 3.61. The van der Waals surface area contributed by atoms with Crippen molar-refractivity contribution in [3.63, 3.8) is 0 Å². The van der Waals surface area contributed by atoms with E-state index in [0.717, 1.165) is 26.2 Å². The van der Waals surface area contributed by atoms with Crippen molar-refractivity contribution in [2.75, 3.05) is 33.2 Å². The van der Waals surface area contributed by atoms with E-state index < -0.39 is 0 Å². The average molecular weight is 276 g/mol. The van der Waals surface area contributed by atoms with Gasteiger partial charge in [-0.2, -0.15) is 0 Å². The number of hydrogen-bond acceptors (Lipinski definition) is 2. The average Bonchev–Trinajstić information content (AvgIpc) is 2.39. The molecule has 0 heterocycles. The molecule has 114 valence electrons. The molecule has 1 rings (SSSR count). The maximum Gasteiger partial charge on any atom is 0.0176 e. The van der Waals surface area contributed by atoms with E-state index in [9.17, 15) is 0 Å². The van der Waals surface area contributed by atoms with Gasteiger partial charge in [-0.1, -0.05) is 58.0 Å². The molecule has 1 atom stereocenters. The van der Waals surface area contributed by atoms with E-state index in [1.807, 2.05) is 0 Å². The van der Waals surface area contributed by atoms with Crippen LogP contribution in [0, 0.1) is 5.92 Å². The molecule has 0 spiro atoms. The summed E-state index contributed by atoms with van der Waals surface area (Å²) in [5.74, 6) is 0.712. The Morgan fingerprint density at radius 1 is 1.20 bits per heavy atom. The normalized spacial score (nSPS) is 14.8. The maximum absolute atomic E-state index is 3.61. The highest BCUT2D eigenvalue weighted by Gasteiger charge is 2.27. The molecule has 0 aliphatic rings. The summed E-state index contributed by atoms with van der Waals surface area (Å²) in [5.41, 5.74) is 1.60. The van der Waals surface area contributed by atoms with Crippen molar-refractivity contribution in [2.45, 2.75) is 39.5 Å². The minimum atomic E-state index is 0.167. The van der Waals surface area contributed by atoms with Crippen LogP contribution in [0.5, 0.6) is 0 Å². The first-order valence-corrected chi connectivity index (χ1v) is 7.92. The van der Waals surface area contributed by atoms with Gasteiger partial charge in [-0.05, 0) is 31.5 Å². The Labute approximate surface area is 125 Å². The van der Waals surface area contributed by atoms with E-state index in [4.69, 9.17) is 0 Å². The van der Waals surface area contributed by atoms with Crippen LogP contribution >= 0.6 is 0 Å². The van der Waals surface area contributed by atoms with Gasteiger partial charge in [0, 0.05) is 25.0 Å². The van der Waals surface area contributed by atoms with Crippen LogP contribution in [-0.4, -0.2) is 38.1 Å². The molecule has 0 bridgehead atoms. The SMILES string of the molecule is CCCNCC(C)(CN(C)CC(C)C)c1ccccc1. The Hall–Kier alpha value is -0.860. The van der Waals surface area contributed by atoms with Gasteiger partial charge in [0.25, 0.3) is 0 Å². The van der Waals surface area contributed by atoms with Crippen LogP contribution in [0.4, 0.5) is 0 Å². The standard InChI is InChI=1S/C18H32N2/c1-6-12-19-14-18(4,15-20(5)13-16(2)3)17-10-8-7-9-11-17/h7-11,16,19H,6,12-15H2,1-5H3. The third-order valence-electron chi connectivity index (χ3n) is 3.71. The van der Waals surface area contributed by atoms with Crippen LogP contribution < -0.4 is 5.32 Å². The van der Waals surface area contributed by atoms with Crippen LogP contribution in [0.25, 0.3) is 0 Å². The number of benzene rings is 1. The quantitative estimate of drug-likeness (QED) is 0.694. The van der Waals surface area contributed by atoms with Gasteiger partial charge in [0.05, 0.1) is 0 Å². The largest absolute Gasteiger partial charge is 0.316 e. The third-order valence-corrected chi connectivity index (χ3v) is 3.71. The Kier molecular flexibility index (Phi) is 7.25. The van der Waals surface area contributed by atoms with Crippen molar-refractivity contribution in [3.8, 4) is 0 Å². The minimum absolute atomic E-state index is 0.167. The van der Waals surface area contributed by atoms with E-state index in [0.29, 0.717) is 5.92 Å². The lowest BCUT2D eigenvalue weighted by molar-refractivity contribution is 0.228. The molecule has 1 N–H and O–H groups in total. The molecule has 1 aromatic carbocycles. The minimum Gasteiger partial charge on any atom is -0.316 e. The number of likely N-dealkylation sites (N-methyl/N-ethyl adjacent to an activating group) is 1. The highest BCUT2D eigenvalue weighted by Crippen LogP contribution is 2.24. The highest BCUT2D eigenvalue weighted by molar-refractivity contribution is 5.25. The molecule has 0 fully saturated rings. The molecule has 0 aliphatic heterocycles. The fourth-order valence-electron chi connectivity index (χ4n) is 2.91. The third kappa shape index (κ3) is 5.64. The molecule has 0 saturated heterocycles. The molecular formula is C18H32N2. The van der Waals surface area contributed by atoms with Crippen LogP contribution in [-0.2, 0) is 5.41 Å².